The second-order valence-electron chi connectivity index (χ2n) is 5.50. The lowest BCUT2D eigenvalue weighted by molar-refractivity contribution is -0.137. The van der Waals surface area contributed by atoms with Gasteiger partial charge in [0.25, 0.3) is 5.91 Å². The second-order valence-corrected chi connectivity index (χ2v) is 5.50. The van der Waals surface area contributed by atoms with Gasteiger partial charge in [-0.3, -0.25) is 9.20 Å². The predicted octanol–water partition coefficient (Wildman–Crippen LogP) is 3.73. The van der Waals surface area contributed by atoms with E-state index in [0.29, 0.717) is 16.9 Å². The van der Waals surface area contributed by atoms with E-state index in [4.69, 9.17) is 0 Å². The van der Waals surface area contributed by atoms with E-state index in [1.54, 1.807) is 6.92 Å². The van der Waals surface area contributed by atoms with Gasteiger partial charge in [-0.05, 0) is 36.8 Å². The number of alkyl halides is 3. The van der Waals surface area contributed by atoms with E-state index < -0.39 is 23.5 Å². The van der Waals surface area contributed by atoms with Crippen LogP contribution >= 0.6 is 0 Å². The van der Waals surface area contributed by atoms with Crippen LogP contribution in [-0.2, 0) is 12.7 Å². The van der Waals surface area contributed by atoms with Crippen molar-refractivity contribution >= 4 is 11.6 Å². The fourth-order valence-electron chi connectivity index (χ4n) is 2.53. The summed E-state index contributed by atoms with van der Waals surface area (Å²) in [5.74, 6) is -1.08. The Morgan fingerprint density at radius 2 is 2.00 bits per heavy atom. The lowest BCUT2D eigenvalue weighted by Crippen LogP contribution is -2.25. The Bertz CT molecular complexity index is 947. The predicted molar refractivity (Wildman–Crippen MR) is 82.5 cm³/mol. The van der Waals surface area contributed by atoms with Crippen molar-refractivity contribution in [2.24, 2.45) is 0 Å². The molecule has 0 unspecified atom stereocenters. The molecule has 2 heterocycles. The molecule has 1 N–H and O–H groups in total. The zero-order valence-corrected chi connectivity index (χ0v) is 13.1. The molecule has 0 aliphatic carbocycles. The lowest BCUT2D eigenvalue weighted by Gasteiger charge is -2.10. The average molecular weight is 351 g/mol. The average Bonchev–Trinajstić information content (AvgIpc) is 2.87. The smallest absolute Gasteiger partial charge is 0.347 e. The van der Waals surface area contributed by atoms with Crippen molar-refractivity contribution in [1.82, 2.24) is 14.7 Å². The van der Waals surface area contributed by atoms with E-state index in [9.17, 15) is 22.4 Å². The summed E-state index contributed by atoms with van der Waals surface area (Å²) in [6.07, 6.45) is -3.32. The number of imidazole rings is 1. The Labute approximate surface area is 140 Å². The molecule has 3 rings (SSSR count). The number of halogens is 4. The van der Waals surface area contributed by atoms with Gasteiger partial charge in [-0.25, -0.2) is 9.37 Å². The number of hydrogen-bond acceptors (Lipinski definition) is 2. The number of rotatable bonds is 3. The molecule has 130 valence electrons. The Morgan fingerprint density at radius 3 is 2.72 bits per heavy atom. The topological polar surface area (TPSA) is 46.4 Å². The van der Waals surface area contributed by atoms with E-state index in [-0.39, 0.29) is 12.2 Å². The molecule has 0 fully saturated rings. The number of carbonyl (C=O) groups is 1. The van der Waals surface area contributed by atoms with Gasteiger partial charge in [0.15, 0.2) is 0 Å². The molecular formula is C17H13F4N3O. The van der Waals surface area contributed by atoms with Crippen molar-refractivity contribution < 1.29 is 22.4 Å². The summed E-state index contributed by atoms with van der Waals surface area (Å²) >= 11 is 0. The van der Waals surface area contributed by atoms with Gasteiger partial charge in [0.2, 0.25) is 0 Å². The highest BCUT2D eigenvalue weighted by atomic mass is 19.4. The molecule has 3 aromatic rings. The van der Waals surface area contributed by atoms with Gasteiger partial charge in [0.05, 0.1) is 11.3 Å². The third-order valence-corrected chi connectivity index (χ3v) is 3.68. The minimum atomic E-state index is -4.45. The Balaban J connectivity index is 1.82. The highest BCUT2D eigenvalue weighted by molar-refractivity contribution is 5.94. The molecule has 1 aromatic carbocycles. The van der Waals surface area contributed by atoms with E-state index in [0.717, 1.165) is 18.3 Å². The van der Waals surface area contributed by atoms with Crippen LogP contribution in [0.4, 0.5) is 17.6 Å². The maximum absolute atomic E-state index is 13.4. The Hall–Kier alpha value is -2.90. The van der Waals surface area contributed by atoms with Crippen LogP contribution in [0.1, 0.15) is 27.3 Å². The number of nitrogens with zero attached hydrogens (tertiary/aromatic N) is 2. The standard InChI is InChI=1S/C17H13F4N3O/c1-10-15(24-9-13(18)5-6-14(24)23-10)16(25)22-8-11-3-2-4-12(7-11)17(19,20)21/h2-7,9H,8H2,1H3,(H,22,25). The van der Waals surface area contributed by atoms with Gasteiger partial charge in [0, 0.05) is 12.7 Å². The molecule has 0 saturated heterocycles. The summed E-state index contributed by atoms with van der Waals surface area (Å²) in [4.78, 5) is 16.6. The molecule has 1 amide bonds. The molecule has 8 heteroatoms. The van der Waals surface area contributed by atoms with Crippen LogP contribution in [0.15, 0.2) is 42.6 Å². The minimum absolute atomic E-state index is 0.0925. The minimum Gasteiger partial charge on any atom is -0.347 e. The third kappa shape index (κ3) is 3.47. The summed E-state index contributed by atoms with van der Waals surface area (Å²) in [6, 6.07) is 7.36. The second kappa shape index (κ2) is 6.19. The zero-order valence-electron chi connectivity index (χ0n) is 13.1. The molecule has 0 aliphatic rings. The van der Waals surface area contributed by atoms with Crippen LogP contribution < -0.4 is 5.32 Å². The molecule has 0 aliphatic heterocycles. The molecule has 0 bridgehead atoms. The van der Waals surface area contributed by atoms with Crippen molar-refractivity contribution in [3.8, 4) is 0 Å². The summed E-state index contributed by atoms with van der Waals surface area (Å²) in [6.45, 7) is 1.51. The summed E-state index contributed by atoms with van der Waals surface area (Å²) in [5.41, 5.74) is 0.463. The van der Waals surface area contributed by atoms with E-state index in [2.05, 4.69) is 10.3 Å². The molecule has 0 atom stereocenters. The monoisotopic (exact) mass is 351 g/mol. The van der Waals surface area contributed by atoms with Crippen LogP contribution in [-0.4, -0.2) is 15.3 Å². The summed E-state index contributed by atoms with van der Waals surface area (Å²) in [7, 11) is 0. The van der Waals surface area contributed by atoms with Crippen molar-refractivity contribution in [3.63, 3.8) is 0 Å². The van der Waals surface area contributed by atoms with Crippen molar-refractivity contribution in [1.29, 1.82) is 0 Å². The van der Waals surface area contributed by atoms with E-state index in [1.807, 2.05) is 0 Å². The highest BCUT2D eigenvalue weighted by Gasteiger charge is 2.30. The third-order valence-electron chi connectivity index (χ3n) is 3.68. The maximum atomic E-state index is 13.4. The number of nitrogens with one attached hydrogen (secondary N) is 1. The fraction of sp³-hybridized carbons (Fsp3) is 0.176. The molecular weight excluding hydrogens is 338 g/mol. The normalized spacial score (nSPS) is 11.7. The number of hydrogen-bond donors (Lipinski definition) is 1. The molecule has 4 nitrogen and oxygen atoms in total. The van der Waals surface area contributed by atoms with Crippen LogP contribution in [0.5, 0.6) is 0 Å². The van der Waals surface area contributed by atoms with E-state index >= 15 is 0 Å². The number of amides is 1. The highest BCUT2D eigenvalue weighted by Crippen LogP contribution is 2.29. The Kier molecular flexibility index (Phi) is 4.20. The number of aryl methyl sites for hydroxylation is 1. The molecule has 0 radical (unpaired) electrons. The van der Waals surface area contributed by atoms with Crippen molar-refractivity contribution in [2.75, 3.05) is 0 Å². The SMILES string of the molecule is Cc1nc2ccc(F)cn2c1C(=O)NCc1cccc(C(F)(F)F)c1. The largest absolute Gasteiger partial charge is 0.416 e. The molecule has 0 spiro atoms. The summed E-state index contributed by atoms with van der Waals surface area (Å²) in [5, 5.41) is 2.54. The molecule has 25 heavy (non-hydrogen) atoms. The van der Waals surface area contributed by atoms with Gasteiger partial charge in [-0.15, -0.1) is 0 Å². The Morgan fingerprint density at radius 1 is 1.24 bits per heavy atom. The number of fused-ring (bicyclic) bond motifs is 1. The fourth-order valence-corrected chi connectivity index (χ4v) is 2.53. The quantitative estimate of drug-likeness (QED) is 0.731. The lowest BCUT2D eigenvalue weighted by atomic mass is 10.1. The van der Waals surface area contributed by atoms with Crippen molar-refractivity contribution in [2.45, 2.75) is 19.6 Å². The van der Waals surface area contributed by atoms with Crippen LogP contribution in [0.3, 0.4) is 0 Å². The first-order chi connectivity index (χ1) is 11.8. The van der Waals surface area contributed by atoms with Crippen molar-refractivity contribution in [3.05, 3.63) is 70.9 Å². The molecule has 0 saturated carbocycles. The van der Waals surface area contributed by atoms with E-state index in [1.165, 1.54) is 28.7 Å². The van der Waals surface area contributed by atoms with Gasteiger partial charge < -0.3 is 5.32 Å². The van der Waals surface area contributed by atoms with Gasteiger partial charge in [-0.2, -0.15) is 13.2 Å². The summed E-state index contributed by atoms with van der Waals surface area (Å²) < 4.78 is 52.9. The van der Waals surface area contributed by atoms with Gasteiger partial charge in [-0.1, -0.05) is 12.1 Å². The number of benzene rings is 1. The maximum Gasteiger partial charge on any atom is 0.416 e. The number of carbonyl (C=O) groups excluding carboxylic acids is 1. The first-order valence-electron chi connectivity index (χ1n) is 7.34. The number of pyridine rings is 1. The first kappa shape index (κ1) is 16.9. The first-order valence-corrected chi connectivity index (χ1v) is 7.34. The zero-order chi connectivity index (χ0) is 18.2. The molecule has 2 aromatic heterocycles. The van der Waals surface area contributed by atoms with Crippen LogP contribution in [0.2, 0.25) is 0 Å². The van der Waals surface area contributed by atoms with Gasteiger partial charge >= 0.3 is 6.18 Å². The van der Waals surface area contributed by atoms with Crippen LogP contribution in [0, 0.1) is 12.7 Å². The number of aromatic nitrogens is 2. The van der Waals surface area contributed by atoms with Gasteiger partial charge in [0.1, 0.15) is 17.2 Å². The van der Waals surface area contributed by atoms with Crippen LogP contribution in [0.25, 0.3) is 5.65 Å².